The zero-order valence-electron chi connectivity index (χ0n) is 12.8. The molecule has 0 heterocycles. The molecule has 0 aliphatic rings. The van der Waals surface area contributed by atoms with Gasteiger partial charge in [-0.05, 0) is 0 Å². The third kappa shape index (κ3) is 2.60. The molecule has 1 nitrogen and oxygen atoms in total. The predicted molar refractivity (Wildman–Crippen MR) is 103 cm³/mol. The Morgan fingerprint density at radius 1 is 0.609 bits per heavy atom. The first kappa shape index (κ1) is 16.2. The van der Waals surface area contributed by atoms with Crippen LogP contribution in [-0.2, 0) is 0 Å². The summed E-state index contributed by atoms with van der Waals surface area (Å²) in [6.07, 6.45) is 0.519. The van der Waals surface area contributed by atoms with Gasteiger partial charge < -0.3 is 0 Å². The molecule has 3 rings (SSSR count). The molecular formula is C20H20ClOP. The van der Waals surface area contributed by atoms with Crippen molar-refractivity contribution in [2.45, 2.75) is 0 Å². The van der Waals surface area contributed by atoms with Gasteiger partial charge in [0, 0.05) is 0 Å². The molecule has 0 atom stereocenters. The summed E-state index contributed by atoms with van der Waals surface area (Å²) >= 11 is 7.64. The Morgan fingerprint density at radius 3 is 1.17 bits per heavy atom. The molecule has 0 aliphatic carbocycles. The monoisotopic (exact) mass is 342 g/mol. The molecule has 23 heavy (non-hydrogen) atoms. The molecule has 0 saturated heterocycles. The molecule has 3 aromatic rings. The van der Waals surface area contributed by atoms with Crippen LogP contribution in [0.25, 0.3) is 0 Å². The first-order valence-electron chi connectivity index (χ1n) is 7.70. The Bertz CT molecular complexity index is 660. The van der Waals surface area contributed by atoms with Crippen LogP contribution in [0.1, 0.15) is 0 Å². The Hall–Kier alpha value is -1.66. The third-order valence-electron chi connectivity index (χ3n) is 4.40. The summed E-state index contributed by atoms with van der Waals surface area (Å²) in [5.41, 5.74) is 0. The van der Waals surface area contributed by atoms with Crippen LogP contribution in [0.3, 0.4) is 0 Å². The second kappa shape index (κ2) is 6.45. The minimum atomic E-state index is -3.21. The van der Waals surface area contributed by atoms with Gasteiger partial charge in [0.05, 0.1) is 0 Å². The summed E-state index contributed by atoms with van der Waals surface area (Å²) in [4.78, 5) is 0. The van der Waals surface area contributed by atoms with Crippen LogP contribution in [0.5, 0.6) is 0 Å². The number of aliphatic hydroxyl groups excluding tert-OH is 1. The van der Waals surface area contributed by atoms with Crippen LogP contribution in [0.15, 0.2) is 91.0 Å². The SMILES string of the molecule is OCCP(Cl)(c1ccccc1)(c1ccccc1)c1ccccc1. The fourth-order valence-corrected chi connectivity index (χ4v) is 8.91. The number of halogens is 1. The van der Waals surface area contributed by atoms with Crippen LogP contribution in [0, 0.1) is 0 Å². The normalized spacial score (nSPS) is 13.2. The minimum absolute atomic E-state index is 0.0417. The zero-order chi connectivity index (χ0) is 16.2. The molecule has 0 spiro atoms. The summed E-state index contributed by atoms with van der Waals surface area (Å²) in [6.45, 7) is 0.0417. The number of hydrogen-bond acceptors (Lipinski definition) is 1. The summed E-state index contributed by atoms with van der Waals surface area (Å²) < 4.78 is 0. The fourth-order valence-electron chi connectivity index (χ4n) is 3.24. The van der Waals surface area contributed by atoms with Gasteiger partial charge in [-0.15, -0.1) is 0 Å². The van der Waals surface area contributed by atoms with Crippen molar-refractivity contribution in [2.75, 3.05) is 12.8 Å². The van der Waals surface area contributed by atoms with Gasteiger partial charge >= 0.3 is 142 Å². The predicted octanol–water partition coefficient (Wildman–Crippen LogP) is 3.66. The molecular weight excluding hydrogens is 323 g/mol. The van der Waals surface area contributed by atoms with Gasteiger partial charge in [0.15, 0.2) is 0 Å². The quantitative estimate of drug-likeness (QED) is 0.702. The van der Waals surface area contributed by atoms with Gasteiger partial charge in [-0.3, -0.25) is 0 Å². The fraction of sp³-hybridized carbons (Fsp3) is 0.100. The maximum atomic E-state index is 9.90. The number of hydrogen-bond donors (Lipinski definition) is 1. The number of rotatable bonds is 5. The molecule has 0 radical (unpaired) electrons. The second-order valence-corrected chi connectivity index (χ2v) is 12.2. The summed E-state index contributed by atoms with van der Waals surface area (Å²) in [7, 11) is 0. The van der Waals surface area contributed by atoms with Gasteiger partial charge in [-0.1, -0.05) is 0 Å². The molecule has 3 aromatic carbocycles. The van der Waals surface area contributed by atoms with E-state index >= 15 is 0 Å². The van der Waals surface area contributed by atoms with Gasteiger partial charge in [0.2, 0.25) is 0 Å². The van der Waals surface area contributed by atoms with E-state index in [1.807, 2.05) is 54.6 Å². The van der Waals surface area contributed by atoms with Gasteiger partial charge in [-0.25, -0.2) is 0 Å². The van der Waals surface area contributed by atoms with Crippen molar-refractivity contribution in [3.63, 3.8) is 0 Å². The van der Waals surface area contributed by atoms with Gasteiger partial charge in [-0.2, -0.15) is 0 Å². The van der Waals surface area contributed by atoms with Crippen molar-refractivity contribution in [3.8, 4) is 0 Å². The topological polar surface area (TPSA) is 20.2 Å². The second-order valence-electron chi connectivity index (χ2n) is 5.64. The third-order valence-corrected chi connectivity index (χ3v) is 11.8. The standard InChI is InChI=1S/C20H20ClOP/c21-23(17-16-22,18-10-4-1-5-11-18,19-12-6-2-7-13-19)20-14-8-3-9-15-20/h1-15,22H,16-17H2. The van der Waals surface area contributed by atoms with Crippen LogP contribution in [0.4, 0.5) is 0 Å². The zero-order valence-corrected chi connectivity index (χ0v) is 14.5. The van der Waals surface area contributed by atoms with Crippen molar-refractivity contribution in [3.05, 3.63) is 91.0 Å². The van der Waals surface area contributed by atoms with E-state index in [1.54, 1.807) is 0 Å². The first-order chi connectivity index (χ1) is 11.2. The Morgan fingerprint density at radius 2 is 0.913 bits per heavy atom. The Labute approximate surface area is 142 Å². The van der Waals surface area contributed by atoms with E-state index in [1.165, 1.54) is 0 Å². The summed E-state index contributed by atoms with van der Waals surface area (Å²) in [6, 6.07) is 30.6. The average molecular weight is 343 g/mol. The number of aliphatic hydroxyl groups is 1. The Balaban J connectivity index is 2.41. The van der Waals surface area contributed by atoms with E-state index in [0.29, 0.717) is 6.16 Å². The van der Waals surface area contributed by atoms with Crippen molar-refractivity contribution in [1.82, 2.24) is 0 Å². The molecule has 0 saturated carbocycles. The van der Waals surface area contributed by atoms with Crippen LogP contribution in [-0.4, -0.2) is 17.9 Å². The molecule has 0 aliphatic heterocycles. The van der Waals surface area contributed by atoms with E-state index in [2.05, 4.69) is 36.4 Å². The molecule has 0 fully saturated rings. The molecule has 1 N–H and O–H groups in total. The summed E-state index contributed by atoms with van der Waals surface area (Å²) in [5, 5.41) is 13.2. The van der Waals surface area contributed by atoms with Crippen LogP contribution >= 0.6 is 17.2 Å². The van der Waals surface area contributed by atoms with Crippen molar-refractivity contribution >= 4 is 33.1 Å². The van der Waals surface area contributed by atoms with E-state index < -0.39 is 5.96 Å². The number of benzene rings is 3. The van der Waals surface area contributed by atoms with Crippen LogP contribution in [0.2, 0.25) is 0 Å². The van der Waals surface area contributed by atoms with E-state index in [4.69, 9.17) is 11.2 Å². The van der Waals surface area contributed by atoms with Gasteiger partial charge in [0.1, 0.15) is 0 Å². The molecule has 3 heteroatoms. The Kier molecular flexibility index (Phi) is 4.55. The van der Waals surface area contributed by atoms with E-state index in [0.717, 1.165) is 15.9 Å². The first-order valence-corrected chi connectivity index (χ1v) is 11.0. The molecule has 0 aromatic heterocycles. The molecule has 118 valence electrons. The van der Waals surface area contributed by atoms with Crippen molar-refractivity contribution in [1.29, 1.82) is 0 Å². The van der Waals surface area contributed by atoms with Crippen LogP contribution < -0.4 is 15.9 Å². The van der Waals surface area contributed by atoms with E-state index in [9.17, 15) is 5.11 Å². The van der Waals surface area contributed by atoms with Gasteiger partial charge in [0.25, 0.3) is 0 Å². The molecule has 0 bridgehead atoms. The molecule has 0 unspecified atom stereocenters. The van der Waals surface area contributed by atoms with E-state index in [-0.39, 0.29) is 6.61 Å². The van der Waals surface area contributed by atoms with Crippen molar-refractivity contribution < 1.29 is 5.11 Å². The summed E-state index contributed by atoms with van der Waals surface area (Å²) in [5.74, 6) is -3.21. The molecule has 0 amide bonds. The average Bonchev–Trinajstić information content (AvgIpc) is 2.64. The van der Waals surface area contributed by atoms with Crippen molar-refractivity contribution in [2.24, 2.45) is 0 Å². The maximum absolute atomic E-state index is 9.90.